The second-order valence-electron chi connectivity index (χ2n) is 4.67. The van der Waals surface area contributed by atoms with Gasteiger partial charge >= 0.3 is 0 Å². The highest BCUT2D eigenvalue weighted by atomic mass is 127. The molecule has 1 aromatic carbocycles. The summed E-state index contributed by atoms with van der Waals surface area (Å²) in [5, 5.41) is -0.233. The van der Waals surface area contributed by atoms with Gasteiger partial charge in [0.25, 0.3) is 11.1 Å². The van der Waals surface area contributed by atoms with E-state index in [4.69, 9.17) is 0 Å². The van der Waals surface area contributed by atoms with Crippen molar-refractivity contribution in [2.75, 3.05) is 0 Å². The zero-order valence-corrected chi connectivity index (χ0v) is 14.4. The molecule has 0 bridgehead atoms. The van der Waals surface area contributed by atoms with Crippen LogP contribution in [0.15, 0.2) is 53.7 Å². The van der Waals surface area contributed by atoms with Gasteiger partial charge in [0.05, 0.1) is 11.4 Å². The molecule has 0 atom stereocenters. The Morgan fingerprint density at radius 1 is 1.09 bits per heavy atom. The van der Waals surface area contributed by atoms with Crippen LogP contribution in [0.25, 0.3) is 6.08 Å². The van der Waals surface area contributed by atoms with Gasteiger partial charge in [-0.1, -0.05) is 12.1 Å². The van der Waals surface area contributed by atoms with Crippen LogP contribution in [0.1, 0.15) is 11.1 Å². The van der Waals surface area contributed by atoms with Gasteiger partial charge in [0.15, 0.2) is 0 Å². The van der Waals surface area contributed by atoms with E-state index in [1.807, 2.05) is 24.3 Å². The van der Waals surface area contributed by atoms with Crippen LogP contribution in [0, 0.1) is 3.57 Å². The average molecular weight is 422 g/mol. The van der Waals surface area contributed by atoms with Crippen molar-refractivity contribution in [1.29, 1.82) is 0 Å². The first-order chi connectivity index (χ1) is 10.6. The molecule has 2 aromatic rings. The van der Waals surface area contributed by atoms with E-state index in [0.29, 0.717) is 11.4 Å². The van der Waals surface area contributed by atoms with Crippen molar-refractivity contribution in [2.24, 2.45) is 0 Å². The number of aromatic nitrogens is 1. The summed E-state index contributed by atoms with van der Waals surface area (Å²) in [7, 11) is 0. The minimum atomic E-state index is -0.245. The number of benzene rings is 1. The Hall–Kier alpha value is -1.67. The molecule has 2 heterocycles. The third-order valence-corrected chi connectivity index (χ3v) is 4.76. The van der Waals surface area contributed by atoms with E-state index in [9.17, 15) is 9.59 Å². The fourth-order valence-electron chi connectivity index (χ4n) is 2.02. The Morgan fingerprint density at radius 2 is 1.77 bits per heavy atom. The number of carbonyl (C=O) groups is 2. The van der Waals surface area contributed by atoms with Crippen LogP contribution in [0.3, 0.4) is 0 Å². The lowest BCUT2D eigenvalue weighted by Crippen LogP contribution is -2.27. The van der Waals surface area contributed by atoms with Crippen LogP contribution in [0.2, 0.25) is 0 Å². The summed E-state index contributed by atoms with van der Waals surface area (Å²) in [5.74, 6) is -0.245. The molecule has 3 rings (SSSR count). The van der Waals surface area contributed by atoms with Crippen molar-refractivity contribution in [2.45, 2.75) is 6.54 Å². The van der Waals surface area contributed by atoms with Gasteiger partial charge in [-0.15, -0.1) is 0 Å². The summed E-state index contributed by atoms with van der Waals surface area (Å²) >= 11 is 3.19. The molecule has 1 aliphatic heterocycles. The van der Waals surface area contributed by atoms with Crippen LogP contribution in [-0.2, 0) is 11.3 Å². The van der Waals surface area contributed by atoms with Crippen molar-refractivity contribution in [3.05, 3.63) is 68.4 Å². The number of imide groups is 1. The zero-order valence-electron chi connectivity index (χ0n) is 11.4. The molecule has 22 heavy (non-hydrogen) atoms. The zero-order chi connectivity index (χ0) is 15.5. The van der Waals surface area contributed by atoms with Gasteiger partial charge in [-0.25, -0.2) is 0 Å². The van der Waals surface area contributed by atoms with Crippen LogP contribution in [0.5, 0.6) is 0 Å². The van der Waals surface area contributed by atoms with Gasteiger partial charge in [0.1, 0.15) is 0 Å². The summed E-state index contributed by atoms with van der Waals surface area (Å²) in [6.45, 7) is 0.301. The van der Waals surface area contributed by atoms with Gasteiger partial charge in [-0.3, -0.25) is 19.5 Å². The Labute approximate surface area is 145 Å². The number of carbonyl (C=O) groups excluding carboxylic acids is 2. The smallest absolute Gasteiger partial charge is 0.268 e. The summed E-state index contributed by atoms with van der Waals surface area (Å²) < 4.78 is 1.12. The highest BCUT2D eigenvalue weighted by molar-refractivity contribution is 14.1. The molecule has 0 radical (unpaired) electrons. The van der Waals surface area contributed by atoms with Crippen LogP contribution >= 0.6 is 34.4 Å². The Kier molecular flexibility index (Phi) is 4.58. The molecule has 2 amide bonds. The van der Waals surface area contributed by atoms with Crippen molar-refractivity contribution < 1.29 is 9.59 Å². The Bertz CT molecular complexity index is 745. The lowest BCUT2D eigenvalue weighted by molar-refractivity contribution is -0.123. The SMILES string of the molecule is O=C1S/C(=C/c2ccncc2)C(=O)N1Cc1ccc(I)cc1. The van der Waals surface area contributed by atoms with Crippen LogP contribution in [0.4, 0.5) is 4.79 Å². The summed E-state index contributed by atoms with van der Waals surface area (Å²) in [6, 6.07) is 11.4. The van der Waals surface area contributed by atoms with E-state index in [1.54, 1.807) is 30.6 Å². The topological polar surface area (TPSA) is 50.3 Å². The molecule has 1 fully saturated rings. The second-order valence-corrected chi connectivity index (χ2v) is 6.91. The lowest BCUT2D eigenvalue weighted by atomic mass is 10.2. The van der Waals surface area contributed by atoms with Gasteiger partial charge in [0, 0.05) is 16.0 Å². The van der Waals surface area contributed by atoms with E-state index < -0.39 is 0 Å². The van der Waals surface area contributed by atoms with E-state index in [2.05, 4.69) is 27.6 Å². The molecule has 0 aliphatic carbocycles. The third kappa shape index (κ3) is 3.38. The van der Waals surface area contributed by atoms with Gasteiger partial charge < -0.3 is 0 Å². The number of hydrogen-bond acceptors (Lipinski definition) is 4. The summed E-state index contributed by atoms with van der Waals surface area (Å²) in [6.07, 6.45) is 5.03. The monoisotopic (exact) mass is 422 g/mol. The molecule has 0 saturated carbocycles. The summed E-state index contributed by atoms with van der Waals surface area (Å²) in [4.78, 5) is 30.1. The molecule has 1 aromatic heterocycles. The second kappa shape index (κ2) is 6.62. The maximum Gasteiger partial charge on any atom is 0.293 e. The van der Waals surface area contributed by atoms with Gasteiger partial charge in [0.2, 0.25) is 0 Å². The Balaban J connectivity index is 1.80. The molecule has 1 aliphatic rings. The minimum absolute atomic E-state index is 0.233. The van der Waals surface area contributed by atoms with Crippen LogP contribution in [-0.4, -0.2) is 21.0 Å². The number of pyridine rings is 1. The van der Waals surface area contributed by atoms with E-state index in [0.717, 1.165) is 26.5 Å². The van der Waals surface area contributed by atoms with Crippen molar-refractivity contribution in [3.63, 3.8) is 0 Å². The van der Waals surface area contributed by atoms with Gasteiger partial charge in [-0.05, 0) is 75.8 Å². The van der Waals surface area contributed by atoms with Gasteiger partial charge in [-0.2, -0.15) is 0 Å². The van der Waals surface area contributed by atoms with E-state index >= 15 is 0 Å². The third-order valence-electron chi connectivity index (χ3n) is 3.13. The quantitative estimate of drug-likeness (QED) is 0.556. The normalized spacial score (nSPS) is 16.6. The highest BCUT2D eigenvalue weighted by Gasteiger charge is 2.34. The molecular weight excluding hydrogens is 411 g/mol. The lowest BCUT2D eigenvalue weighted by Gasteiger charge is -2.12. The predicted octanol–water partition coefficient (Wildman–Crippen LogP) is 3.92. The molecule has 0 N–H and O–H groups in total. The summed E-state index contributed by atoms with van der Waals surface area (Å²) in [5.41, 5.74) is 1.79. The molecule has 6 heteroatoms. The number of thioether (sulfide) groups is 1. The van der Waals surface area contributed by atoms with Crippen molar-refractivity contribution in [1.82, 2.24) is 9.88 Å². The van der Waals surface area contributed by atoms with E-state index in [1.165, 1.54) is 4.90 Å². The maximum atomic E-state index is 12.4. The highest BCUT2D eigenvalue weighted by Crippen LogP contribution is 2.33. The number of amides is 2. The fourth-order valence-corrected chi connectivity index (χ4v) is 3.22. The minimum Gasteiger partial charge on any atom is -0.268 e. The number of rotatable bonds is 3. The molecular formula is C16H11IN2O2S. The van der Waals surface area contributed by atoms with Crippen molar-refractivity contribution in [3.8, 4) is 0 Å². The first-order valence-corrected chi connectivity index (χ1v) is 8.43. The van der Waals surface area contributed by atoms with Crippen LogP contribution < -0.4 is 0 Å². The first kappa shape index (κ1) is 15.2. The maximum absolute atomic E-state index is 12.4. The standard InChI is InChI=1S/C16H11IN2O2S/c17-13-3-1-12(2-4-13)10-19-15(20)14(22-16(19)21)9-11-5-7-18-8-6-11/h1-9H,10H2/b14-9+. The van der Waals surface area contributed by atoms with Crippen molar-refractivity contribution >= 4 is 51.6 Å². The molecule has 4 nitrogen and oxygen atoms in total. The van der Waals surface area contributed by atoms with E-state index in [-0.39, 0.29) is 11.1 Å². The first-order valence-electron chi connectivity index (χ1n) is 6.53. The number of halogens is 1. The number of nitrogens with zero attached hydrogens (tertiary/aromatic N) is 2. The number of hydrogen-bond donors (Lipinski definition) is 0. The molecule has 110 valence electrons. The molecule has 0 unspecified atom stereocenters. The predicted molar refractivity (Wildman–Crippen MR) is 94.9 cm³/mol. The largest absolute Gasteiger partial charge is 0.293 e. The molecule has 1 saturated heterocycles. The Morgan fingerprint density at radius 3 is 2.45 bits per heavy atom. The molecule has 0 spiro atoms. The fraction of sp³-hybridized carbons (Fsp3) is 0.0625. The average Bonchev–Trinajstić information content (AvgIpc) is 2.78.